The smallest absolute Gasteiger partial charge is 0.132 e. The zero-order chi connectivity index (χ0) is 15.5. The summed E-state index contributed by atoms with van der Waals surface area (Å²) in [5.41, 5.74) is 2.64. The maximum Gasteiger partial charge on any atom is 0.132 e. The molecule has 0 N–H and O–H groups in total. The van der Waals surface area contributed by atoms with Gasteiger partial charge < -0.3 is 4.90 Å². The lowest BCUT2D eigenvalue weighted by molar-refractivity contribution is 0.249. The minimum atomic E-state index is 0.677. The molecule has 1 saturated heterocycles. The molecule has 0 spiro atoms. The highest BCUT2D eigenvalue weighted by atomic mass is 15.3. The number of benzene rings is 1. The van der Waals surface area contributed by atoms with Crippen molar-refractivity contribution >= 4 is 5.82 Å². The number of hydrogen-bond acceptors (Lipinski definition) is 4. The Bertz CT molecular complexity index is 631. The second-order valence-electron chi connectivity index (χ2n) is 6.68. The fourth-order valence-electron chi connectivity index (χ4n) is 3.44. The van der Waals surface area contributed by atoms with Gasteiger partial charge in [0.2, 0.25) is 0 Å². The largest absolute Gasteiger partial charge is 0.354 e. The average molecular weight is 308 g/mol. The molecular formula is C19H24N4. The molecule has 23 heavy (non-hydrogen) atoms. The second-order valence-corrected chi connectivity index (χ2v) is 6.68. The average Bonchev–Trinajstić information content (AvgIpc) is 2.55. The molecule has 1 aromatic heterocycles. The molecule has 4 nitrogen and oxygen atoms in total. The Morgan fingerprint density at radius 1 is 0.957 bits per heavy atom. The molecule has 0 bridgehead atoms. The first-order valence-corrected chi connectivity index (χ1v) is 8.72. The van der Waals surface area contributed by atoms with E-state index in [4.69, 9.17) is 0 Å². The standard InChI is InChI=1S/C19H24N4/c1-2-5-16(6-3-1)14-22-9-11-23(12-10-22)19-13-18(20-15-21-19)17-7-4-8-17/h1-3,5-6,13,15,17H,4,7-12,14H2. The molecule has 1 aliphatic carbocycles. The van der Waals surface area contributed by atoms with Crippen molar-refractivity contribution in [3.63, 3.8) is 0 Å². The highest BCUT2D eigenvalue weighted by Gasteiger charge is 2.23. The monoisotopic (exact) mass is 308 g/mol. The van der Waals surface area contributed by atoms with Gasteiger partial charge in [-0.25, -0.2) is 9.97 Å². The van der Waals surface area contributed by atoms with Crippen molar-refractivity contribution in [2.75, 3.05) is 31.1 Å². The van der Waals surface area contributed by atoms with Gasteiger partial charge in [0.15, 0.2) is 0 Å². The lowest BCUT2D eigenvalue weighted by Crippen LogP contribution is -2.46. The summed E-state index contributed by atoms with van der Waals surface area (Å²) in [6, 6.07) is 13.0. The first-order chi connectivity index (χ1) is 11.4. The Morgan fingerprint density at radius 2 is 1.74 bits per heavy atom. The number of nitrogens with zero attached hydrogens (tertiary/aromatic N) is 4. The molecule has 2 heterocycles. The van der Waals surface area contributed by atoms with Gasteiger partial charge in [0.1, 0.15) is 12.1 Å². The van der Waals surface area contributed by atoms with Gasteiger partial charge in [-0.3, -0.25) is 4.90 Å². The van der Waals surface area contributed by atoms with E-state index in [1.165, 1.54) is 30.5 Å². The van der Waals surface area contributed by atoms with Gasteiger partial charge in [0.05, 0.1) is 0 Å². The molecule has 1 aromatic carbocycles. The number of anilines is 1. The van der Waals surface area contributed by atoms with E-state index in [-0.39, 0.29) is 0 Å². The molecule has 4 heteroatoms. The van der Waals surface area contributed by atoms with Crippen molar-refractivity contribution in [3.05, 3.63) is 54.0 Å². The van der Waals surface area contributed by atoms with Gasteiger partial charge in [-0.15, -0.1) is 0 Å². The predicted molar refractivity (Wildman–Crippen MR) is 92.6 cm³/mol. The van der Waals surface area contributed by atoms with E-state index >= 15 is 0 Å². The minimum Gasteiger partial charge on any atom is -0.354 e. The van der Waals surface area contributed by atoms with Crippen molar-refractivity contribution < 1.29 is 0 Å². The molecule has 2 aromatic rings. The van der Waals surface area contributed by atoms with Crippen LogP contribution in [-0.4, -0.2) is 41.0 Å². The number of piperazine rings is 1. The van der Waals surface area contributed by atoms with Gasteiger partial charge in [0, 0.05) is 50.4 Å². The summed E-state index contributed by atoms with van der Waals surface area (Å²) in [4.78, 5) is 13.9. The van der Waals surface area contributed by atoms with Crippen molar-refractivity contribution in [1.29, 1.82) is 0 Å². The SMILES string of the molecule is c1ccc(CN2CCN(c3cc(C4CCC4)ncn3)CC2)cc1. The summed E-state index contributed by atoms with van der Waals surface area (Å²) in [6.07, 6.45) is 5.68. The third-order valence-electron chi connectivity index (χ3n) is 5.14. The van der Waals surface area contributed by atoms with Crippen LogP contribution in [0.4, 0.5) is 5.82 Å². The number of rotatable bonds is 4. The predicted octanol–water partition coefficient (Wildman–Crippen LogP) is 3.07. The summed E-state index contributed by atoms with van der Waals surface area (Å²) in [7, 11) is 0. The van der Waals surface area contributed by atoms with Crippen molar-refractivity contribution in [3.8, 4) is 0 Å². The Hall–Kier alpha value is -1.94. The lowest BCUT2D eigenvalue weighted by Gasteiger charge is -2.35. The third-order valence-corrected chi connectivity index (χ3v) is 5.14. The van der Waals surface area contributed by atoms with Crippen LogP contribution in [0, 0.1) is 0 Å². The fourth-order valence-corrected chi connectivity index (χ4v) is 3.44. The van der Waals surface area contributed by atoms with E-state index in [0.717, 1.165) is 38.5 Å². The molecule has 0 unspecified atom stereocenters. The zero-order valence-corrected chi connectivity index (χ0v) is 13.6. The van der Waals surface area contributed by atoms with E-state index in [1.54, 1.807) is 6.33 Å². The fraction of sp³-hybridized carbons (Fsp3) is 0.474. The first kappa shape index (κ1) is 14.6. The molecule has 0 radical (unpaired) electrons. The summed E-state index contributed by atoms with van der Waals surface area (Å²) >= 11 is 0. The molecule has 2 aliphatic rings. The van der Waals surface area contributed by atoms with Gasteiger partial charge in [-0.2, -0.15) is 0 Å². The maximum atomic E-state index is 4.51. The van der Waals surface area contributed by atoms with Gasteiger partial charge >= 0.3 is 0 Å². The Balaban J connectivity index is 1.36. The molecule has 120 valence electrons. The Kier molecular flexibility index (Phi) is 4.24. The first-order valence-electron chi connectivity index (χ1n) is 8.72. The van der Waals surface area contributed by atoms with Crippen LogP contribution in [0.5, 0.6) is 0 Å². The topological polar surface area (TPSA) is 32.3 Å². The molecular weight excluding hydrogens is 284 g/mol. The van der Waals surface area contributed by atoms with Crippen LogP contribution in [0.2, 0.25) is 0 Å². The lowest BCUT2D eigenvalue weighted by atomic mass is 9.83. The molecule has 0 amide bonds. The van der Waals surface area contributed by atoms with E-state index in [2.05, 4.69) is 56.2 Å². The van der Waals surface area contributed by atoms with Gasteiger partial charge in [-0.1, -0.05) is 36.8 Å². The number of aromatic nitrogens is 2. The highest BCUT2D eigenvalue weighted by Crippen LogP contribution is 2.35. The van der Waals surface area contributed by atoms with Crippen LogP contribution in [0.25, 0.3) is 0 Å². The highest BCUT2D eigenvalue weighted by molar-refractivity contribution is 5.40. The molecule has 0 atom stereocenters. The van der Waals surface area contributed by atoms with Crippen LogP contribution < -0.4 is 4.90 Å². The van der Waals surface area contributed by atoms with E-state index in [1.807, 2.05) is 0 Å². The molecule has 1 aliphatic heterocycles. The van der Waals surface area contributed by atoms with Gasteiger partial charge in [0.25, 0.3) is 0 Å². The minimum absolute atomic E-state index is 0.677. The normalized spacial score (nSPS) is 19.6. The quantitative estimate of drug-likeness (QED) is 0.869. The van der Waals surface area contributed by atoms with Crippen molar-refractivity contribution in [1.82, 2.24) is 14.9 Å². The summed E-state index contributed by atoms with van der Waals surface area (Å²) in [5, 5.41) is 0. The van der Waals surface area contributed by atoms with E-state index < -0.39 is 0 Å². The second kappa shape index (κ2) is 6.67. The number of hydrogen-bond donors (Lipinski definition) is 0. The Labute approximate surface area is 138 Å². The van der Waals surface area contributed by atoms with Crippen LogP contribution in [0.3, 0.4) is 0 Å². The van der Waals surface area contributed by atoms with E-state index in [9.17, 15) is 0 Å². The van der Waals surface area contributed by atoms with Crippen LogP contribution in [0.1, 0.15) is 36.4 Å². The van der Waals surface area contributed by atoms with E-state index in [0.29, 0.717) is 5.92 Å². The zero-order valence-electron chi connectivity index (χ0n) is 13.6. The Morgan fingerprint density at radius 3 is 2.43 bits per heavy atom. The van der Waals surface area contributed by atoms with Crippen LogP contribution in [-0.2, 0) is 6.54 Å². The molecule has 1 saturated carbocycles. The molecule has 4 rings (SSSR count). The summed E-state index contributed by atoms with van der Waals surface area (Å²) < 4.78 is 0. The maximum absolute atomic E-state index is 4.51. The third kappa shape index (κ3) is 3.37. The van der Waals surface area contributed by atoms with Gasteiger partial charge in [-0.05, 0) is 18.4 Å². The summed E-state index contributed by atoms with van der Waals surface area (Å²) in [5.74, 6) is 1.79. The van der Waals surface area contributed by atoms with Crippen LogP contribution in [0.15, 0.2) is 42.7 Å². The van der Waals surface area contributed by atoms with Crippen LogP contribution >= 0.6 is 0 Å². The van der Waals surface area contributed by atoms with Crippen molar-refractivity contribution in [2.45, 2.75) is 31.7 Å². The molecule has 2 fully saturated rings. The van der Waals surface area contributed by atoms with Crippen molar-refractivity contribution in [2.24, 2.45) is 0 Å². The summed E-state index contributed by atoms with van der Waals surface area (Å²) in [6.45, 7) is 5.34.